The van der Waals surface area contributed by atoms with E-state index in [1.54, 1.807) is 7.05 Å². The monoisotopic (exact) mass is 235 g/mol. The SMILES string of the molecule is CC(C)CS(=O)(=O)N(C)CC(O)C1CC1. The predicted molar refractivity (Wildman–Crippen MR) is 60.0 cm³/mol. The van der Waals surface area contributed by atoms with Gasteiger partial charge in [0.05, 0.1) is 11.9 Å². The molecule has 1 aliphatic rings. The van der Waals surface area contributed by atoms with Gasteiger partial charge in [0.2, 0.25) is 10.0 Å². The van der Waals surface area contributed by atoms with Crippen LogP contribution in [-0.2, 0) is 10.0 Å². The molecule has 0 aromatic heterocycles. The fourth-order valence-electron chi connectivity index (χ4n) is 1.56. The van der Waals surface area contributed by atoms with Gasteiger partial charge in [0.25, 0.3) is 0 Å². The van der Waals surface area contributed by atoms with E-state index in [2.05, 4.69) is 0 Å². The third-order valence-electron chi connectivity index (χ3n) is 2.63. The third-order valence-corrected chi connectivity index (χ3v) is 4.82. The molecule has 0 radical (unpaired) electrons. The lowest BCUT2D eigenvalue weighted by Gasteiger charge is -2.21. The van der Waals surface area contributed by atoms with E-state index in [1.165, 1.54) is 4.31 Å². The molecule has 1 fully saturated rings. The van der Waals surface area contributed by atoms with Crippen molar-refractivity contribution in [3.63, 3.8) is 0 Å². The minimum atomic E-state index is -3.19. The average Bonchev–Trinajstić information content (AvgIpc) is 2.82. The van der Waals surface area contributed by atoms with Crippen molar-refractivity contribution in [1.82, 2.24) is 4.31 Å². The summed E-state index contributed by atoms with van der Waals surface area (Å²) in [4.78, 5) is 0. The summed E-state index contributed by atoms with van der Waals surface area (Å²) in [6, 6.07) is 0. The van der Waals surface area contributed by atoms with Crippen molar-refractivity contribution >= 4 is 10.0 Å². The zero-order chi connectivity index (χ0) is 11.6. The molecule has 90 valence electrons. The summed E-state index contributed by atoms with van der Waals surface area (Å²) < 4.78 is 24.8. The normalized spacial score (nSPS) is 19.9. The number of likely N-dealkylation sites (N-methyl/N-ethyl adjacent to an activating group) is 1. The van der Waals surface area contributed by atoms with Gasteiger partial charge in [-0.3, -0.25) is 0 Å². The topological polar surface area (TPSA) is 57.6 Å². The Bertz CT molecular complexity index is 296. The summed E-state index contributed by atoms with van der Waals surface area (Å²) in [5.74, 6) is 0.596. The smallest absolute Gasteiger partial charge is 0.214 e. The summed E-state index contributed by atoms with van der Waals surface area (Å²) >= 11 is 0. The second kappa shape index (κ2) is 4.80. The van der Waals surface area contributed by atoms with E-state index in [0.29, 0.717) is 5.92 Å². The lowest BCUT2D eigenvalue weighted by molar-refractivity contribution is 0.131. The van der Waals surface area contributed by atoms with Gasteiger partial charge >= 0.3 is 0 Å². The number of rotatable bonds is 6. The molecular formula is C10H21NO3S. The van der Waals surface area contributed by atoms with Gasteiger partial charge in [-0.15, -0.1) is 0 Å². The van der Waals surface area contributed by atoms with Crippen LogP contribution in [0.3, 0.4) is 0 Å². The number of nitrogens with zero attached hydrogens (tertiary/aromatic N) is 1. The predicted octanol–water partition coefficient (Wildman–Crippen LogP) is 0.675. The van der Waals surface area contributed by atoms with Crippen LogP contribution in [-0.4, -0.2) is 43.3 Å². The fourth-order valence-corrected chi connectivity index (χ4v) is 3.03. The van der Waals surface area contributed by atoms with Gasteiger partial charge in [-0.05, 0) is 24.7 Å². The van der Waals surface area contributed by atoms with E-state index >= 15 is 0 Å². The van der Waals surface area contributed by atoms with Crippen molar-refractivity contribution in [2.45, 2.75) is 32.8 Å². The Morgan fingerprint density at radius 1 is 1.40 bits per heavy atom. The van der Waals surface area contributed by atoms with Gasteiger partial charge < -0.3 is 5.11 Å². The highest BCUT2D eigenvalue weighted by atomic mass is 32.2. The highest BCUT2D eigenvalue weighted by Crippen LogP contribution is 2.32. The van der Waals surface area contributed by atoms with Gasteiger partial charge in [0.1, 0.15) is 0 Å². The van der Waals surface area contributed by atoms with Gasteiger partial charge in [-0.1, -0.05) is 13.8 Å². The molecule has 0 saturated heterocycles. The highest BCUT2D eigenvalue weighted by Gasteiger charge is 2.32. The molecular weight excluding hydrogens is 214 g/mol. The van der Waals surface area contributed by atoms with Crippen LogP contribution in [0, 0.1) is 11.8 Å². The van der Waals surface area contributed by atoms with Crippen LogP contribution in [0.4, 0.5) is 0 Å². The van der Waals surface area contributed by atoms with Crippen molar-refractivity contribution in [3.05, 3.63) is 0 Å². The zero-order valence-corrected chi connectivity index (χ0v) is 10.5. The summed E-state index contributed by atoms with van der Waals surface area (Å²) in [5.41, 5.74) is 0. The van der Waals surface area contributed by atoms with Crippen molar-refractivity contribution in [2.24, 2.45) is 11.8 Å². The lowest BCUT2D eigenvalue weighted by atomic mass is 10.2. The molecule has 1 atom stereocenters. The maximum atomic E-state index is 11.7. The second-order valence-electron chi connectivity index (χ2n) is 4.86. The van der Waals surface area contributed by atoms with E-state index in [9.17, 15) is 13.5 Å². The number of hydrogen-bond acceptors (Lipinski definition) is 3. The molecule has 0 aromatic rings. The van der Waals surface area contributed by atoms with E-state index < -0.39 is 16.1 Å². The standard InChI is InChI=1S/C10H21NO3S/c1-8(2)7-15(13,14)11(3)6-10(12)9-4-5-9/h8-10,12H,4-7H2,1-3H3. The van der Waals surface area contributed by atoms with E-state index in [1.807, 2.05) is 13.8 Å². The Morgan fingerprint density at radius 3 is 2.33 bits per heavy atom. The Hall–Kier alpha value is -0.130. The molecule has 1 saturated carbocycles. The van der Waals surface area contributed by atoms with E-state index in [-0.39, 0.29) is 18.2 Å². The average molecular weight is 235 g/mol. The van der Waals surface area contributed by atoms with Gasteiger partial charge in [0, 0.05) is 13.6 Å². The molecule has 1 N–H and O–H groups in total. The molecule has 1 aliphatic carbocycles. The Labute approximate surface area is 92.3 Å². The first kappa shape index (κ1) is 12.9. The number of hydrogen-bond donors (Lipinski definition) is 1. The Kier molecular flexibility index (Phi) is 4.14. The van der Waals surface area contributed by atoms with E-state index in [4.69, 9.17) is 0 Å². The van der Waals surface area contributed by atoms with Crippen LogP contribution in [0.25, 0.3) is 0 Å². The fraction of sp³-hybridized carbons (Fsp3) is 1.00. The first-order valence-corrected chi connectivity index (χ1v) is 7.06. The molecule has 1 unspecified atom stereocenters. The maximum absolute atomic E-state index is 11.7. The van der Waals surface area contributed by atoms with Gasteiger partial charge in [0.15, 0.2) is 0 Å². The molecule has 0 spiro atoms. The summed E-state index contributed by atoms with van der Waals surface area (Å²) in [6.45, 7) is 3.99. The summed E-state index contributed by atoms with van der Waals surface area (Å²) in [7, 11) is -1.64. The zero-order valence-electron chi connectivity index (χ0n) is 9.68. The quantitative estimate of drug-likeness (QED) is 0.736. The second-order valence-corrected chi connectivity index (χ2v) is 6.98. The van der Waals surface area contributed by atoms with Crippen molar-refractivity contribution < 1.29 is 13.5 Å². The first-order valence-electron chi connectivity index (χ1n) is 5.45. The van der Waals surface area contributed by atoms with Crippen LogP contribution in [0.5, 0.6) is 0 Å². The molecule has 0 bridgehead atoms. The van der Waals surface area contributed by atoms with Crippen LogP contribution >= 0.6 is 0 Å². The highest BCUT2D eigenvalue weighted by molar-refractivity contribution is 7.89. The van der Waals surface area contributed by atoms with Crippen molar-refractivity contribution in [3.8, 4) is 0 Å². The largest absolute Gasteiger partial charge is 0.391 e. The first-order chi connectivity index (χ1) is 6.83. The third kappa shape index (κ3) is 4.09. The van der Waals surface area contributed by atoms with Crippen LogP contribution in [0.1, 0.15) is 26.7 Å². The lowest BCUT2D eigenvalue weighted by Crippen LogP contribution is -2.37. The molecule has 5 heteroatoms. The molecule has 0 aliphatic heterocycles. The Morgan fingerprint density at radius 2 is 1.93 bits per heavy atom. The maximum Gasteiger partial charge on any atom is 0.214 e. The molecule has 4 nitrogen and oxygen atoms in total. The molecule has 0 heterocycles. The molecule has 0 amide bonds. The Balaban J connectivity index is 2.46. The van der Waals surface area contributed by atoms with Gasteiger partial charge in [-0.25, -0.2) is 12.7 Å². The van der Waals surface area contributed by atoms with Crippen molar-refractivity contribution in [1.29, 1.82) is 0 Å². The summed E-state index contributed by atoms with van der Waals surface area (Å²) in [5, 5.41) is 9.65. The molecule has 15 heavy (non-hydrogen) atoms. The molecule has 0 aromatic carbocycles. The summed E-state index contributed by atoms with van der Waals surface area (Å²) in [6.07, 6.45) is 1.57. The van der Waals surface area contributed by atoms with Crippen LogP contribution < -0.4 is 0 Å². The van der Waals surface area contributed by atoms with E-state index in [0.717, 1.165) is 12.8 Å². The number of aliphatic hydroxyl groups is 1. The minimum Gasteiger partial charge on any atom is -0.391 e. The van der Waals surface area contributed by atoms with Crippen LogP contribution in [0.15, 0.2) is 0 Å². The van der Waals surface area contributed by atoms with Crippen molar-refractivity contribution in [2.75, 3.05) is 19.3 Å². The number of sulfonamides is 1. The van der Waals surface area contributed by atoms with Crippen LogP contribution in [0.2, 0.25) is 0 Å². The minimum absolute atomic E-state index is 0.121. The number of aliphatic hydroxyl groups excluding tert-OH is 1. The molecule has 1 rings (SSSR count). The van der Waals surface area contributed by atoms with Gasteiger partial charge in [-0.2, -0.15) is 0 Å².